The zero-order valence-corrected chi connectivity index (χ0v) is 16.0. The van der Waals surface area contributed by atoms with Crippen LogP contribution in [0.4, 0.5) is 29.3 Å². The van der Waals surface area contributed by atoms with Gasteiger partial charge in [-0.25, -0.2) is 9.10 Å². The summed E-state index contributed by atoms with van der Waals surface area (Å²) in [6.07, 6.45) is -4.50. The van der Waals surface area contributed by atoms with Crippen LogP contribution in [0.2, 0.25) is 0 Å². The molecule has 0 heterocycles. The second kappa shape index (κ2) is 8.42. The summed E-state index contributed by atoms with van der Waals surface area (Å²) >= 11 is 4.08. The molecule has 0 spiro atoms. The Balaban J connectivity index is 2.13. The Hall–Kier alpha value is -2.88. The van der Waals surface area contributed by atoms with E-state index in [1.54, 1.807) is 25.1 Å². The fraction of sp³-hybridized carbons (Fsp3) is 0.222. The molecule has 28 heavy (non-hydrogen) atoms. The number of hydrogen-bond donors (Lipinski definition) is 3. The molecule has 0 fully saturated rings. The number of alkyl halides is 3. The minimum Gasteiger partial charge on any atom is -0.378 e. The lowest BCUT2D eigenvalue weighted by Gasteiger charge is -2.19. The number of rotatable bonds is 5. The number of benzene rings is 2. The van der Waals surface area contributed by atoms with E-state index < -0.39 is 23.7 Å². The second-order valence-corrected chi connectivity index (χ2v) is 6.56. The molecule has 6 nitrogen and oxygen atoms in total. The van der Waals surface area contributed by atoms with Crippen molar-refractivity contribution in [2.45, 2.75) is 12.7 Å². The molecular weight excluding hydrogens is 393 g/mol. The number of carbonyl (C=O) groups is 2. The van der Waals surface area contributed by atoms with E-state index in [1.165, 1.54) is 24.3 Å². The first-order valence-corrected chi connectivity index (χ1v) is 8.44. The summed E-state index contributed by atoms with van der Waals surface area (Å²) in [4.78, 5) is 24.9. The average molecular weight is 412 g/mol. The van der Waals surface area contributed by atoms with Crippen LogP contribution in [-0.4, -0.2) is 26.0 Å². The van der Waals surface area contributed by atoms with E-state index in [1.807, 2.05) is 0 Å². The van der Waals surface area contributed by atoms with Gasteiger partial charge in [0, 0.05) is 31.9 Å². The molecule has 0 atom stereocenters. The highest BCUT2D eigenvalue weighted by Gasteiger charge is 2.31. The van der Waals surface area contributed by atoms with Crippen molar-refractivity contribution >= 4 is 36.1 Å². The van der Waals surface area contributed by atoms with Crippen molar-refractivity contribution in [3.63, 3.8) is 0 Å². The van der Waals surface area contributed by atoms with E-state index in [-0.39, 0.29) is 17.7 Å². The molecule has 3 N–H and O–H groups in total. The molecule has 150 valence electrons. The van der Waals surface area contributed by atoms with Crippen LogP contribution in [0, 0.1) is 0 Å². The second-order valence-electron chi connectivity index (χ2n) is 6.16. The highest BCUT2D eigenvalue weighted by atomic mass is 32.1. The molecule has 0 aliphatic rings. The largest absolute Gasteiger partial charge is 0.416 e. The number of nitrogens with zero attached hydrogens (tertiary/aromatic N) is 2. The quantitative estimate of drug-likeness (QED) is 0.659. The van der Waals surface area contributed by atoms with Crippen LogP contribution in [-0.2, 0) is 12.7 Å². The highest BCUT2D eigenvalue weighted by molar-refractivity contribution is 7.82. The lowest BCUT2D eigenvalue weighted by atomic mass is 10.1. The smallest absolute Gasteiger partial charge is 0.378 e. The fourth-order valence-corrected chi connectivity index (χ4v) is 2.54. The number of halogens is 3. The maximum atomic E-state index is 13.1. The maximum Gasteiger partial charge on any atom is 0.416 e. The van der Waals surface area contributed by atoms with Gasteiger partial charge in [0.15, 0.2) is 0 Å². The monoisotopic (exact) mass is 412 g/mol. The molecule has 3 amide bonds. The predicted molar refractivity (Wildman–Crippen MR) is 104 cm³/mol. The Morgan fingerprint density at radius 3 is 2.18 bits per heavy atom. The molecule has 2 aromatic carbocycles. The van der Waals surface area contributed by atoms with Crippen LogP contribution < -0.4 is 20.3 Å². The SMILES string of the molecule is CN(C)c1cc(CNC(=O)N(S)c2ccc(C(N)=O)cc2)cc(C(F)(F)F)c1. The summed E-state index contributed by atoms with van der Waals surface area (Å²) in [6, 6.07) is 8.75. The summed E-state index contributed by atoms with van der Waals surface area (Å²) in [5, 5.41) is 2.51. The molecule has 0 aromatic heterocycles. The van der Waals surface area contributed by atoms with Crippen molar-refractivity contribution in [2.75, 3.05) is 23.3 Å². The minimum absolute atomic E-state index is 0.125. The zero-order chi connectivity index (χ0) is 21.1. The van der Waals surface area contributed by atoms with Crippen molar-refractivity contribution in [3.05, 3.63) is 59.2 Å². The first-order valence-electron chi connectivity index (χ1n) is 8.04. The van der Waals surface area contributed by atoms with Crippen molar-refractivity contribution in [2.24, 2.45) is 5.73 Å². The third-order valence-corrected chi connectivity index (χ3v) is 4.27. The Labute approximate surface area is 165 Å². The number of nitrogens with two attached hydrogens (primary N) is 1. The van der Waals surface area contributed by atoms with Crippen LogP contribution in [0.25, 0.3) is 0 Å². The average Bonchev–Trinajstić information content (AvgIpc) is 2.64. The summed E-state index contributed by atoms with van der Waals surface area (Å²) in [5.74, 6) is -0.608. The number of primary amides is 1. The van der Waals surface area contributed by atoms with E-state index in [0.717, 1.165) is 16.4 Å². The predicted octanol–water partition coefficient (Wildman–Crippen LogP) is 3.43. The lowest BCUT2D eigenvalue weighted by Crippen LogP contribution is -2.33. The molecule has 0 unspecified atom stereocenters. The summed E-state index contributed by atoms with van der Waals surface area (Å²) in [5.41, 5.74) is 5.64. The van der Waals surface area contributed by atoms with Gasteiger partial charge >= 0.3 is 12.2 Å². The van der Waals surface area contributed by atoms with E-state index in [0.29, 0.717) is 11.4 Å². The minimum atomic E-state index is -4.50. The van der Waals surface area contributed by atoms with Gasteiger partial charge in [-0.15, -0.1) is 0 Å². The number of hydrogen-bond acceptors (Lipinski definition) is 4. The van der Waals surface area contributed by atoms with E-state index >= 15 is 0 Å². The zero-order valence-electron chi connectivity index (χ0n) is 15.1. The van der Waals surface area contributed by atoms with Crippen LogP contribution in [0.1, 0.15) is 21.5 Å². The number of carbonyl (C=O) groups excluding carboxylic acids is 2. The van der Waals surface area contributed by atoms with Gasteiger partial charge < -0.3 is 16.0 Å². The van der Waals surface area contributed by atoms with Crippen molar-refractivity contribution < 1.29 is 22.8 Å². The van der Waals surface area contributed by atoms with Crippen molar-refractivity contribution in [3.8, 4) is 0 Å². The van der Waals surface area contributed by atoms with Crippen LogP contribution in [0.15, 0.2) is 42.5 Å². The molecule has 2 aromatic rings. The van der Waals surface area contributed by atoms with Gasteiger partial charge in [0.05, 0.1) is 11.3 Å². The number of amides is 3. The summed E-state index contributed by atoms with van der Waals surface area (Å²) in [6.45, 7) is -0.125. The molecule has 10 heteroatoms. The van der Waals surface area contributed by atoms with E-state index in [4.69, 9.17) is 5.73 Å². The van der Waals surface area contributed by atoms with Crippen molar-refractivity contribution in [1.29, 1.82) is 0 Å². The highest BCUT2D eigenvalue weighted by Crippen LogP contribution is 2.32. The molecule has 0 saturated heterocycles. The Morgan fingerprint density at radius 1 is 1.07 bits per heavy atom. The van der Waals surface area contributed by atoms with Gasteiger partial charge in [-0.2, -0.15) is 13.2 Å². The maximum absolute atomic E-state index is 13.1. The van der Waals surface area contributed by atoms with Crippen LogP contribution >= 0.6 is 12.8 Å². The summed E-state index contributed by atoms with van der Waals surface area (Å²) < 4.78 is 40.2. The third kappa shape index (κ3) is 5.32. The van der Waals surface area contributed by atoms with E-state index in [2.05, 4.69) is 18.1 Å². The van der Waals surface area contributed by atoms with Gasteiger partial charge in [-0.3, -0.25) is 4.79 Å². The molecule has 0 aliphatic heterocycles. The van der Waals surface area contributed by atoms with Crippen LogP contribution in [0.5, 0.6) is 0 Å². The first kappa shape index (κ1) is 21.4. The van der Waals surface area contributed by atoms with Gasteiger partial charge in [0.25, 0.3) is 0 Å². The Kier molecular flexibility index (Phi) is 6.45. The number of anilines is 2. The number of nitrogens with one attached hydrogen (secondary N) is 1. The first-order chi connectivity index (χ1) is 13.0. The van der Waals surface area contributed by atoms with Crippen molar-refractivity contribution in [1.82, 2.24) is 5.32 Å². The summed E-state index contributed by atoms with van der Waals surface area (Å²) in [7, 11) is 3.26. The molecule has 0 radical (unpaired) electrons. The van der Waals surface area contributed by atoms with Gasteiger partial charge in [-0.05, 0) is 48.0 Å². The topological polar surface area (TPSA) is 78.7 Å². The molecular formula is C18H19F3N4O2S. The number of thiol groups is 1. The lowest BCUT2D eigenvalue weighted by molar-refractivity contribution is -0.137. The molecule has 0 aliphatic carbocycles. The standard InChI is InChI=1S/C18H19F3N4O2S/c1-24(2)15-8-11(7-13(9-15)18(19,20)21)10-23-17(27)25(28)14-5-3-12(4-6-14)16(22)26/h3-9,28H,10H2,1-2H3,(H2,22,26)(H,23,27). The molecule has 0 bridgehead atoms. The van der Waals surface area contributed by atoms with Crippen LogP contribution in [0.3, 0.4) is 0 Å². The fourth-order valence-electron chi connectivity index (χ4n) is 2.33. The van der Waals surface area contributed by atoms with E-state index in [9.17, 15) is 22.8 Å². The van der Waals surface area contributed by atoms with Gasteiger partial charge in [0.2, 0.25) is 5.91 Å². The van der Waals surface area contributed by atoms with Gasteiger partial charge in [0.1, 0.15) is 0 Å². The number of urea groups is 1. The molecule has 0 saturated carbocycles. The Bertz CT molecular complexity index is 870. The van der Waals surface area contributed by atoms with Gasteiger partial charge in [-0.1, -0.05) is 12.8 Å². The Morgan fingerprint density at radius 2 is 1.68 bits per heavy atom. The molecule has 2 rings (SSSR count). The third-order valence-electron chi connectivity index (χ3n) is 3.85. The normalized spacial score (nSPS) is 11.1.